The molecular weight excluding hydrogens is 838 g/mol. The van der Waals surface area contributed by atoms with Crippen molar-refractivity contribution < 1.29 is 0 Å². The average molecular weight is 880 g/mol. The quantitative estimate of drug-likeness (QED) is 0.117. The van der Waals surface area contributed by atoms with Crippen molar-refractivity contribution in [1.29, 1.82) is 0 Å². The summed E-state index contributed by atoms with van der Waals surface area (Å²) in [6.45, 7) is 12.2. The van der Waals surface area contributed by atoms with Gasteiger partial charge in [0.05, 0.1) is 17.6 Å². The van der Waals surface area contributed by atoms with Crippen molar-refractivity contribution in [3.8, 4) is 22.5 Å². The van der Waals surface area contributed by atoms with Crippen molar-refractivity contribution in [1.82, 2.24) is 9.13 Å². The molecule has 0 saturated carbocycles. The summed E-state index contributed by atoms with van der Waals surface area (Å²) < 4.78 is 5.11. The summed E-state index contributed by atoms with van der Waals surface area (Å²) in [5.41, 5.74) is 22.7. The number of fused-ring (bicyclic) bond motifs is 10. The molecule has 0 spiro atoms. The van der Waals surface area contributed by atoms with E-state index in [1.807, 2.05) is 18.2 Å². The van der Waals surface area contributed by atoms with E-state index in [-0.39, 0.29) is 6.71 Å². The lowest BCUT2D eigenvalue weighted by Gasteiger charge is -2.36. The third-order valence-corrected chi connectivity index (χ3v) is 14.5. The second-order valence-electron chi connectivity index (χ2n) is 18.6. The predicted octanol–water partition coefficient (Wildman–Crippen LogP) is 14.8. The Labute approximate surface area is 400 Å². The molecule has 0 atom stereocenters. The van der Waals surface area contributed by atoms with Crippen molar-refractivity contribution in [3.63, 3.8) is 0 Å². The Morgan fingerprint density at radius 1 is 0.391 bits per heavy atom. The van der Waals surface area contributed by atoms with Crippen LogP contribution < -0.4 is 26.2 Å². The minimum Gasteiger partial charge on any atom is -0.311 e. The molecule has 12 aromatic rings. The highest BCUT2D eigenvalue weighted by molar-refractivity contribution is 7.00. The Bertz CT molecular complexity index is 3800. The number of nitrogens with zero attached hydrogens (tertiary/aromatic N) is 5. The second kappa shape index (κ2) is 15.0. The van der Waals surface area contributed by atoms with Crippen molar-refractivity contribution >= 4 is 107 Å². The van der Waals surface area contributed by atoms with Gasteiger partial charge in [0.15, 0.2) is 5.69 Å². The van der Waals surface area contributed by atoms with Crippen LogP contribution in [0.1, 0.15) is 11.1 Å². The molecule has 0 radical (unpaired) electrons. The van der Waals surface area contributed by atoms with Crippen molar-refractivity contribution in [3.05, 3.63) is 241 Å². The maximum absolute atomic E-state index is 7.98. The highest BCUT2D eigenvalue weighted by Gasteiger charge is 2.42. The first-order chi connectivity index (χ1) is 34.0. The summed E-state index contributed by atoms with van der Waals surface area (Å²) in [7, 11) is 0. The zero-order chi connectivity index (χ0) is 45.9. The van der Waals surface area contributed by atoms with E-state index < -0.39 is 0 Å². The predicted molar refractivity (Wildman–Crippen MR) is 290 cm³/mol. The van der Waals surface area contributed by atoms with Gasteiger partial charge in [-0.15, -0.1) is 0 Å². The summed E-state index contributed by atoms with van der Waals surface area (Å²) in [6, 6.07) is 79.7. The highest BCUT2D eigenvalue weighted by atomic mass is 15.2. The zero-order valence-corrected chi connectivity index (χ0v) is 38.1. The van der Waals surface area contributed by atoms with Crippen molar-refractivity contribution in [2.45, 2.75) is 13.8 Å². The third kappa shape index (κ3) is 5.84. The van der Waals surface area contributed by atoms with Crippen LogP contribution in [-0.4, -0.2) is 15.8 Å². The first-order valence-corrected chi connectivity index (χ1v) is 23.7. The molecule has 2 aliphatic rings. The van der Waals surface area contributed by atoms with E-state index in [9.17, 15) is 0 Å². The van der Waals surface area contributed by atoms with E-state index in [2.05, 4.69) is 238 Å². The molecule has 5 nitrogen and oxygen atoms in total. The van der Waals surface area contributed by atoms with Crippen LogP contribution in [-0.2, 0) is 0 Å². The summed E-state index contributed by atoms with van der Waals surface area (Å²) >= 11 is 0. The number of anilines is 6. The topological polar surface area (TPSA) is 20.7 Å². The van der Waals surface area contributed by atoms with Gasteiger partial charge in [-0.1, -0.05) is 114 Å². The molecular formula is C63H42BN5. The molecule has 10 aromatic carbocycles. The molecule has 6 heteroatoms. The van der Waals surface area contributed by atoms with Gasteiger partial charge in [0.25, 0.3) is 6.71 Å². The van der Waals surface area contributed by atoms with Gasteiger partial charge < -0.3 is 18.9 Å². The number of para-hydroxylation sites is 4. The molecule has 0 saturated heterocycles. The van der Waals surface area contributed by atoms with Gasteiger partial charge in [-0.2, -0.15) is 0 Å². The smallest absolute Gasteiger partial charge is 0.252 e. The normalized spacial score (nSPS) is 12.2. The molecule has 322 valence electrons. The van der Waals surface area contributed by atoms with Gasteiger partial charge in [0, 0.05) is 78.1 Å². The van der Waals surface area contributed by atoms with Crippen LogP contribution in [0.3, 0.4) is 0 Å². The molecule has 0 bridgehead atoms. The van der Waals surface area contributed by atoms with Crippen LogP contribution in [0.25, 0.3) is 71.0 Å². The number of aryl methyl sites for hydroxylation is 2. The third-order valence-electron chi connectivity index (χ3n) is 14.5. The highest BCUT2D eigenvalue weighted by Crippen LogP contribution is 2.46. The Hall–Kier alpha value is -9.05. The van der Waals surface area contributed by atoms with E-state index >= 15 is 0 Å². The molecule has 4 heterocycles. The molecule has 2 aliphatic heterocycles. The molecule has 0 amide bonds. The Morgan fingerprint density at radius 2 is 0.826 bits per heavy atom. The monoisotopic (exact) mass is 879 g/mol. The molecule has 69 heavy (non-hydrogen) atoms. The molecule has 14 rings (SSSR count). The largest absolute Gasteiger partial charge is 0.311 e. The number of hydrogen-bond donors (Lipinski definition) is 0. The maximum Gasteiger partial charge on any atom is 0.252 e. The fourth-order valence-electron chi connectivity index (χ4n) is 11.6. The summed E-state index contributed by atoms with van der Waals surface area (Å²) in [4.78, 5) is 8.71. The fraction of sp³-hybridized carbons (Fsp3) is 0.0317. The van der Waals surface area contributed by atoms with E-state index in [1.165, 1.54) is 71.1 Å². The first kappa shape index (κ1) is 39.2. The molecule has 0 N–H and O–H groups in total. The maximum atomic E-state index is 7.98. The van der Waals surface area contributed by atoms with E-state index in [0.717, 1.165) is 56.6 Å². The first-order valence-electron chi connectivity index (χ1n) is 23.7. The molecule has 0 aliphatic carbocycles. The summed E-state index contributed by atoms with van der Waals surface area (Å²) in [5.74, 6) is 0. The lowest BCUT2D eigenvalue weighted by molar-refractivity contribution is 1.14. The SMILES string of the molecule is [C-]#[N+]c1cccc(-c2cc3c4c(c2)-n2c5ccc(C)cc5c5cc(N(c6ccccc6)c6ccccc6)cc(c52)B4c2cc(N(c4ccccc4)c4ccccc4)cc4c5cc(C)ccc5n-3c24)c1. The molecule has 0 fully saturated rings. The Morgan fingerprint density at radius 3 is 1.25 bits per heavy atom. The van der Waals surface area contributed by atoms with Crippen LogP contribution in [0.5, 0.6) is 0 Å². The fourth-order valence-corrected chi connectivity index (χ4v) is 11.6. The standard InChI is InChI=1S/C63H42BN5/c1-40-27-29-57-51(31-40)53-36-49(66(45-19-8-4-9-20-45)46-21-10-5-11-22-46)38-55-62(53)68(57)59-34-43(42-17-16-18-44(33-42)65-3)35-60-61(59)64(55)56-39-50(37-54-52-32-41(2)28-30-58(52)69(60)63(54)56)67(47-23-12-6-13-24-47)48-25-14-7-15-26-48/h4-39H,1-2H3. The molecule has 0 unspecified atom stereocenters. The van der Waals surface area contributed by atoms with Gasteiger partial charge in [-0.05, 0) is 157 Å². The van der Waals surface area contributed by atoms with E-state index in [0.29, 0.717) is 5.69 Å². The average Bonchev–Trinajstić information content (AvgIpc) is 3.90. The summed E-state index contributed by atoms with van der Waals surface area (Å²) in [5, 5.41) is 4.88. The van der Waals surface area contributed by atoms with Crippen LogP contribution >= 0.6 is 0 Å². The second-order valence-corrected chi connectivity index (χ2v) is 18.6. The Balaban J connectivity index is 1.17. The number of hydrogen-bond acceptors (Lipinski definition) is 2. The number of rotatable bonds is 7. The van der Waals surface area contributed by atoms with Gasteiger partial charge >= 0.3 is 0 Å². The number of benzene rings is 10. The van der Waals surface area contributed by atoms with Gasteiger partial charge in [0.2, 0.25) is 0 Å². The van der Waals surface area contributed by atoms with E-state index in [1.54, 1.807) is 0 Å². The zero-order valence-electron chi connectivity index (χ0n) is 38.1. The Kier molecular flexibility index (Phi) is 8.50. The lowest BCUT2D eigenvalue weighted by atomic mass is 9.34. The van der Waals surface area contributed by atoms with Crippen LogP contribution in [0.2, 0.25) is 0 Å². The van der Waals surface area contributed by atoms with Crippen molar-refractivity contribution in [2.24, 2.45) is 0 Å². The van der Waals surface area contributed by atoms with E-state index in [4.69, 9.17) is 6.57 Å². The van der Waals surface area contributed by atoms with Crippen LogP contribution in [0.15, 0.2) is 218 Å². The van der Waals surface area contributed by atoms with Crippen molar-refractivity contribution in [2.75, 3.05) is 9.80 Å². The van der Waals surface area contributed by atoms with Gasteiger partial charge in [-0.25, -0.2) is 4.85 Å². The lowest BCUT2D eigenvalue weighted by Crippen LogP contribution is -2.59. The van der Waals surface area contributed by atoms with Gasteiger partial charge in [0.1, 0.15) is 0 Å². The number of aromatic nitrogens is 2. The molecule has 2 aromatic heterocycles. The van der Waals surface area contributed by atoms with Crippen LogP contribution in [0.4, 0.5) is 39.8 Å². The minimum absolute atomic E-state index is 0.152. The van der Waals surface area contributed by atoms with Gasteiger partial charge in [-0.3, -0.25) is 0 Å². The minimum atomic E-state index is -0.152. The summed E-state index contributed by atoms with van der Waals surface area (Å²) in [6.07, 6.45) is 0. The van der Waals surface area contributed by atoms with Crippen LogP contribution in [0, 0.1) is 20.4 Å².